The van der Waals surface area contributed by atoms with Crippen molar-refractivity contribution in [1.82, 2.24) is 25.0 Å². The Bertz CT molecular complexity index is 1290. The Morgan fingerprint density at radius 1 is 1.09 bits per heavy atom. The normalized spacial score (nSPS) is 13.8. The summed E-state index contributed by atoms with van der Waals surface area (Å²) in [5.74, 6) is -0.156. The molecule has 0 aliphatic heterocycles. The quantitative estimate of drug-likeness (QED) is 0.494. The van der Waals surface area contributed by atoms with Crippen molar-refractivity contribution in [1.29, 1.82) is 0 Å². The monoisotopic (exact) mass is 440 g/mol. The lowest BCUT2D eigenvalue weighted by Crippen LogP contribution is -2.22. The summed E-state index contributed by atoms with van der Waals surface area (Å²) in [5, 5.41) is 14.9. The molecule has 0 radical (unpaired) electrons. The predicted octanol–water partition coefficient (Wildman–Crippen LogP) is 4.36. The second-order valence-electron chi connectivity index (χ2n) is 7.80. The number of nitrogens with one attached hydrogen (secondary N) is 2. The van der Waals surface area contributed by atoms with Crippen molar-refractivity contribution >= 4 is 22.5 Å². The number of rotatable bonds is 4. The van der Waals surface area contributed by atoms with Crippen LogP contribution in [0.1, 0.15) is 29.8 Å². The molecule has 0 saturated carbocycles. The van der Waals surface area contributed by atoms with Crippen LogP contribution in [0, 0.1) is 0 Å². The number of benzene rings is 1. The number of alkyl halides is 3. The first-order chi connectivity index (χ1) is 15.4. The van der Waals surface area contributed by atoms with E-state index in [0.717, 1.165) is 28.3 Å². The number of hydrogen-bond donors (Lipinski definition) is 2. The van der Waals surface area contributed by atoms with Gasteiger partial charge < -0.3 is 5.32 Å². The zero-order valence-electron chi connectivity index (χ0n) is 16.9. The van der Waals surface area contributed by atoms with Gasteiger partial charge in [0, 0.05) is 34.6 Å². The average Bonchev–Trinajstić information content (AvgIpc) is 3.42. The van der Waals surface area contributed by atoms with Crippen LogP contribution in [0.15, 0.2) is 42.9 Å². The molecule has 4 aromatic rings. The molecular weight excluding hydrogens is 421 g/mol. The third kappa shape index (κ3) is 3.83. The first kappa shape index (κ1) is 20.2. The number of aromatic amines is 1. The van der Waals surface area contributed by atoms with Gasteiger partial charge in [-0.15, -0.1) is 0 Å². The number of nitrogens with zero attached hydrogens (tertiary/aromatic N) is 4. The van der Waals surface area contributed by atoms with Crippen molar-refractivity contribution in [2.75, 3.05) is 5.32 Å². The van der Waals surface area contributed by atoms with E-state index in [4.69, 9.17) is 0 Å². The van der Waals surface area contributed by atoms with E-state index in [1.54, 1.807) is 24.7 Å². The summed E-state index contributed by atoms with van der Waals surface area (Å²) in [6.45, 7) is -0.298. The average molecular weight is 440 g/mol. The Balaban J connectivity index is 1.38. The van der Waals surface area contributed by atoms with Crippen LogP contribution in [0.4, 0.5) is 19.0 Å². The van der Waals surface area contributed by atoms with E-state index in [9.17, 15) is 18.0 Å². The van der Waals surface area contributed by atoms with Crippen molar-refractivity contribution in [2.24, 2.45) is 0 Å². The number of aromatic nitrogens is 5. The maximum atomic E-state index is 13.4. The molecule has 10 heteroatoms. The lowest BCUT2D eigenvalue weighted by molar-refractivity contribution is -0.142. The highest BCUT2D eigenvalue weighted by Crippen LogP contribution is 2.35. The zero-order valence-corrected chi connectivity index (χ0v) is 16.9. The van der Waals surface area contributed by atoms with Crippen LogP contribution in [0.3, 0.4) is 0 Å². The molecule has 3 aromatic heterocycles. The zero-order chi connectivity index (χ0) is 22.3. The Hall–Kier alpha value is -3.69. The standard InChI is InChI=1S/C22H19F3N6O/c23-22(24,25)21-17-3-1-2-4-18(17)31(30-21)12-20(32)29-19-8-15-7-13(16-10-27-28-11-16)5-6-14(15)9-26-19/h5-11H,1-4,12H2,(H,27,28)(H,26,29,32). The number of carbonyl (C=O) groups excluding carboxylic acids is 1. The molecule has 1 aromatic carbocycles. The molecule has 0 fully saturated rings. The Morgan fingerprint density at radius 3 is 2.72 bits per heavy atom. The van der Waals surface area contributed by atoms with Crippen LogP contribution in [0.2, 0.25) is 0 Å². The molecule has 2 N–H and O–H groups in total. The summed E-state index contributed by atoms with van der Waals surface area (Å²) >= 11 is 0. The third-order valence-corrected chi connectivity index (χ3v) is 5.64. The molecule has 1 aliphatic rings. The smallest absolute Gasteiger partial charge is 0.309 e. The van der Waals surface area contributed by atoms with E-state index in [1.807, 2.05) is 18.2 Å². The van der Waals surface area contributed by atoms with Crippen LogP contribution < -0.4 is 5.32 Å². The molecule has 1 amide bonds. The SMILES string of the molecule is O=C(Cn1nc(C(F)(F)F)c2c1CCCC2)Nc1cc2cc(-c3cn[nH]c3)ccc2cn1. The second kappa shape index (κ2) is 7.77. The van der Waals surface area contributed by atoms with Gasteiger partial charge in [-0.25, -0.2) is 4.98 Å². The van der Waals surface area contributed by atoms with E-state index < -0.39 is 17.8 Å². The fourth-order valence-corrected chi connectivity index (χ4v) is 4.15. The Kier molecular flexibility index (Phi) is 4.91. The highest BCUT2D eigenvalue weighted by atomic mass is 19.4. The molecule has 7 nitrogen and oxygen atoms in total. The van der Waals surface area contributed by atoms with Crippen LogP contribution in [0.5, 0.6) is 0 Å². The van der Waals surface area contributed by atoms with Gasteiger partial charge in [-0.3, -0.25) is 14.6 Å². The first-order valence-corrected chi connectivity index (χ1v) is 10.2. The molecule has 0 bridgehead atoms. The summed E-state index contributed by atoms with van der Waals surface area (Å²) in [6, 6.07) is 7.56. The number of pyridine rings is 1. The molecule has 0 saturated heterocycles. The predicted molar refractivity (Wildman–Crippen MR) is 112 cm³/mol. The summed E-state index contributed by atoms with van der Waals surface area (Å²) < 4.78 is 41.3. The summed E-state index contributed by atoms with van der Waals surface area (Å²) in [7, 11) is 0. The first-order valence-electron chi connectivity index (χ1n) is 10.2. The minimum absolute atomic E-state index is 0.215. The van der Waals surface area contributed by atoms with E-state index in [1.165, 1.54) is 4.68 Å². The van der Waals surface area contributed by atoms with Crippen LogP contribution in [-0.4, -0.2) is 30.9 Å². The van der Waals surface area contributed by atoms with Crippen LogP contribution in [0.25, 0.3) is 21.9 Å². The largest absolute Gasteiger partial charge is 0.435 e. The van der Waals surface area contributed by atoms with Gasteiger partial charge in [-0.1, -0.05) is 12.1 Å². The number of amides is 1. The van der Waals surface area contributed by atoms with Crippen molar-refractivity contribution in [3.05, 3.63) is 59.8 Å². The molecule has 3 heterocycles. The molecule has 5 rings (SSSR count). The van der Waals surface area contributed by atoms with Crippen molar-refractivity contribution < 1.29 is 18.0 Å². The van der Waals surface area contributed by atoms with Gasteiger partial charge in [-0.05, 0) is 48.8 Å². The fourth-order valence-electron chi connectivity index (χ4n) is 4.15. The van der Waals surface area contributed by atoms with E-state index in [0.29, 0.717) is 30.8 Å². The van der Waals surface area contributed by atoms with Gasteiger partial charge >= 0.3 is 6.18 Å². The molecule has 164 valence electrons. The number of carbonyl (C=O) groups is 1. The summed E-state index contributed by atoms with van der Waals surface area (Å²) in [5.41, 5.74) is 1.72. The van der Waals surface area contributed by atoms with Gasteiger partial charge in [0.05, 0.1) is 6.20 Å². The number of halogens is 3. The summed E-state index contributed by atoms with van der Waals surface area (Å²) in [6.07, 6.45) is 2.89. The van der Waals surface area contributed by atoms with E-state index >= 15 is 0 Å². The maximum Gasteiger partial charge on any atom is 0.435 e. The van der Waals surface area contributed by atoms with Crippen molar-refractivity contribution in [3.8, 4) is 11.1 Å². The molecule has 32 heavy (non-hydrogen) atoms. The molecule has 0 spiro atoms. The topological polar surface area (TPSA) is 88.5 Å². The summed E-state index contributed by atoms with van der Waals surface area (Å²) in [4.78, 5) is 16.9. The fraction of sp³-hybridized carbons (Fsp3) is 0.273. The number of H-pyrrole nitrogens is 1. The van der Waals surface area contributed by atoms with Gasteiger partial charge in [0.1, 0.15) is 12.4 Å². The van der Waals surface area contributed by atoms with Crippen molar-refractivity contribution in [2.45, 2.75) is 38.4 Å². The van der Waals surface area contributed by atoms with Crippen LogP contribution >= 0.6 is 0 Å². The Morgan fingerprint density at radius 2 is 1.94 bits per heavy atom. The maximum absolute atomic E-state index is 13.4. The number of fused-ring (bicyclic) bond motifs is 2. The minimum Gasteiger partial charge on any atom is -0.309 e. The molecule has 1 aliphatic carbocycles. The highest BCUT2D eigenvalue weighted by molar-refractivity contribution is 5.93. The molecular formula is C22H19F3N6O. The van der Waals surface area contributed by atoms with E-state index in [-0.39, 0.29) is 12.1 Å². The lowest BCUT2D eigenvalue weighted by atomic mass is 9.95. The lowest BCUT2D eigenvalue weighted by Gasteiger charge is -2.14. The van der Waals surface area contributed by atoms with Gasteiger partial charge in [0.25, 0.3) is 0 Å². The second-order valence-corrected chi connectivity index (χ2v) is 7.80. The minimum atomic E-state index is -4.53. The van der Waals surface area contributed by atoms with Gasteiger partial charge in [0.2, 0.25) is 5.91 Å². The van der Waals surface area contributed by atoms with E-state index in [2.05, 4.69) is 25.6 Å². The third-order valence-electron chi connectivity index (χ3n) is 5.64. The number of anilines is 1. The van der Waals surface area contributed by atoms with Crippen molar-refractivity contribution in [3.63, 3.8) is 0 Å². The Labute approximate surface area is 180 Å². The van der Waals surface area contributed by atoms with Gasteiger partial charge in [-0.2, -0.15) is 23.4 Å². The molecule has 0 atom stereocenters. The molecule has 0 unspecified atom stereocenters. The van der Waals surface area contributed by atoms with Gasteiger partial charge in [0.15, 0.2) is 5.69 Å². The van der Waals surface area contributed by atoms with Crippen LogP contribution in [-0.2, 0) is 30.4 Å². The number of hydrogen-bond acceptors (Lipinski definition) is 4. The highest BCUT2D eigenvalue weighted by Gasteiger charge is 2.39.